The Bertz CT molecular complexity index is 591. The van der Waals surface area contributed by atoms with Crippen LogP contribution in [0.5, 0.6) is 5.75 Å². The molecule has 3 heteroatoms. The van der Waals surface area contributed by atoms with Gasteiger partial charge in [-0.15, -0.1) is 0 Å². The highest BCUT2D eigenvalue weighted by Gasteiger charge is 2.09. The number of rotatable bonds is 3. The number of pyridine rings is 1. The maximum absolute atomic E-state index is 10.8. The predicted molar refractivity (Wildman–Crippen MR) is 71.1 cm³/mol. The van der Waals surface area contributed by atoms with Crippen LogP contribution in [0.25, 0.3) is 11.3 Å². The van der Waals surface area contributed by atoms with Crippen molar-refractivity contribution in [1.82, 2.24) is 4.98 Å². The molecule has 0 amide bonds. The van der Waals surface area contributed by atoms with Gasteiger partial charge in [0.05, 0.1) is 12.8 Å². The summed E-state index contributed by atoms with van der Waals surface area (Å²) < 4.78 is 5.34. The summed E-state index contributed by atoms with van der Waals surface area (Å²) >= 11 is 0. The van der Waals surface area contributed by atoms with E-state index in [-0.39, 0.29) is 0 Å². The largest absolute Gasteiger partial charge is 0.496 e. The Balaban J connectivity index is 2.57. The molecule has 18 heavy (non-hydrogen) atoms. The number of benzene rings is 1. The minimum absolute atomic E-state index is 0.616. The molecule has 0 aliphatic rings. The van der Waals surface area contributed by atoms with Crippen LogP contribution in [0.2, 0.25) is 0 Å². The Hall–Kier alpha value is -2.16. The number of aromatic nitrogens is 1. The Morgan fingerprint density at radius 2 is 1.94 bits per heavy atom. The minimum Gasteiger partial charge on any atom is -0.496 e. The van der Waals surface area contributed by atoms with Gasteiger partial charge in [0.2, 0.25) is 0 Å². The lowest BCUT2D eigenvalue weighted by molar-refractivity contribution is 0.112. The van der Waals surface area contributed by atoms with E-state index >= 15 is 0 Å². The number of carbonyl (C=O) groups is 1. The summed E-state index contributed by atoms with van der Waals surface area (Å²) in [6.45, 7) is 3.85. The average Bonchev–Trinajstić information content (AvgIpc) is 2.38. The fourth-order valence-corrected chi connectivity index (χ4v) is 1.87. The summed E-state index contributed by atoms with van der Waals surface area (Å²) in [6.07, 6.45) is 0.819. The molecule has 1 aromatic carbocycles. The van der Waals surface area contributed by atoms with E-state index in [1.807, 2.05) is 38.1 Å². The number of nitrogens with zero attached hydrogens (tertiary/aromatic N) is 1. The number of carbonyl (C=O) groups excluding carboxylic acids is 1. The summed E-state index contributed by atoms with van der Waals surface area (Å²) in [5, 5.41) is 0. The van der Waals surface area contributed by atoms with E-state index in [0.29, 0.717) is 5.56 Å². The van der Waals surface area contributed by atoms with Crippen molar-refractivity contribution in [1.29, 1.82) is 0 Å². The van der Waals surface area contributed by atoms with Crippen LogP contribution in [0.4, 0.5) is 0 Å². The van der Waals surface area contributed by atoms with Crippen molar-refractivity contribution >= 4 is 6.29 Å². The predicted octanol–water partition coefficient (Wildman–Crippen LogP) is 3.19. The molecule has 92 valence electrons. The van der Waals surface area contributed by atoms with E-state index in [4.69, 9.17) is 4.74 Å². The van der Waals surface area contributed by atoms with Gasteiger partial charge in [-0.05, 0) is 38.1 Å². The second kappa shape index (κ2) is 5.00. The number of hydrogen-bond acceptors (Lipinski definition) is 3. The first-order chi connectivity index (χ1) is 8.65. The van der Waals surface area contributed by atoms with Crippen LogP contribution in [0, 0.1) is 13.8 Å². The zero-order valence-corrected chi connectivity index (χ0v) is 10.7. The lowest BCUT2D eigenvalue weighted by Crippen LogP contribution is -1.95. The zero-order chi connectivity index (χ0) is 13.1. The van der Waals surface area contributed by atoms with Crippen LogP contribution in [-0.2, 0) is 0 Å². The Labute approximate surface area is 106 Å². The SMILES string of the molecule is COc1ccc(C)cc1-c1ccc(C=O)c(C)n1. The lowest BCUT2D eigenvalue weighted by atomic mass is 10.1. The topological polar surface area (TPSA) is 39.2 Å². The van der Waals surface area contributed by atoms with Gasteiger partial charge >= 0.3 is 0 Å². The number of aryl methyl sites for hydroxylation is 2. The van der Waals surface area contributed by atoms with Gasteiger partial charge in [0, 0.05) is 16.8 Å². The quantitative estimate of drug-likeness (QED) is 0.775. The fourth-order valence-electron chi connectivity index (χ4n) is 1.87. The normalized spacial score (nSPS) is 10.2. The first kappa shape index (κ1) is 12.3. The van der Waals surface area contributed by atoms with Crippen molar-refractivity contribution in [3.8, 4) is 17.0 Å². The van der Waals surface area contributed by atoms with Crippen LogP contribution in [0.1, 0.15) is 21.6 Å². The second-order valence-corrected chi connectivity index (χ2v) is 4.19. The highest BCUT2D eigenvalue weighted by Crippen LogP contribution is 2.29. The Morgan fingerprint density at radius 1 is 1.17 bits per heavy atom. The maximum Gasteiger partial charge on any atom is 0.151 e. The van der Waals surface area contributed by atoms with E-state index in [2.05, 4.69) is 4.98 Å². The zero-order valence-electron chi connectivity index (χ0n) is 10.7. The van der Waals surface area contributed by atoms with Gasteiger partial charge in [0.25, 0.3) is 0 Å². The molecular weight excluding hydrogens is 226 g/mol. The standard InChI is InChI=1S/C15H15NO2/c1-10-4-7-15(18-3)13(8-10)14-6-5-12(9-17)11(2)16-14/h4-9H,1-3H3. The van der Waals surface area contributed by atoms with E-state index in [1.54, 1.807) is 13.2 Å². The van der Waals surface area contributed by atoms with Crippen molar-refractivity contribution in [2.24, 2.45) is 0 Å². The highest BCUT2D eigenvalue weighted by atomic mass is 16.5. The Kier molecular flexibility index (Phi) is 3.42. The van der Waals surface area contributed by atoms with Gasteiger partial charge in [-0.2, -0.15) is 0 Å². The molecule has 1 heterocycles. The minimum atomic E-state index is 0.616. The van der Waals surface area contributed by atoms with Crippen molar-refractivity contribution in [2.45, 2.75) is 13.8 Å². The fraction of sp³-hybridized carbons (Fsp3) is 0.200. The van der Waals surface area contributed by atoms with Crippen molar-refractivity contribution in [3.05, 3.63) is 47.2 Å². The molecule has 0 saturated carbocycles. The number of hydrogen-bond donors (Lipinski definition) is 0. The molecule has 0 spiro atoms. The molecule has 0 saturated heterocycles. The van der Waals surface area contributed by atoms with Crippen LogP contribution in [0.3, 0.4) is 0 Å². The number of ether oxygens (including phenoxy) is 1. The van der Waals surface area contributed by atoms with Crippen molar-refractivity contribution in [2.75, 3.05) is 7.11 Å². The van der Waals surface area contributed by atoms with Crippen LogP contribution < -0.4 is 4.74 Å². The third-order valence-corrected chi connectivity index (χ3v) is 2.88. The van der Waals surface area contributed by atoms with E-state index in [0.717, 1.165) is 34.6 Å². The average molecular weight is 241 g/mol. The summed E-state index contributed by atoms with van der Waals surface area (Å²) in [4.78, 5) is 15.2. The van der Waals surface area contributed by atoms with Crippen molar-refractivity contribution < 1.29 is 9.53 Å². The molecular formula is C15H15NO2. The molecule has 0 N–H and O–H groups in total. The maximum atomic E-state index is 10.8. The first-order valence-corrected chi connectivity index (χ1v) is 5.73. The molecule has 2 rings (SSSR count). The first-order valence-electron chi connectivity index (χ1n) is 5.73. The summed E-state index contributed by atoms with van der Waals surface area (Å²) in [5.41, 5.74) is 4.25. The monoisotopic (exact) mass is 241 g/mol. The molecule has 2 aromatic rings. The van der Waals surface area contributed by atoms with E-state index in [9.17, 15) is 4.79 Å². The lowest BCUT2D eigenvalue weighted by Gasteiger charge is -2.10. The number of methoxy groups -OCH3 is 1. The van der Waals surface area contributed by atoms with Crippen LogP contribution in [-0.4, -0.2) is 18.4 Å². The molecule has 0 atom stereocenters. The van der Waals surface area contributed by atoms with Crippen LogP contribution >= 0.6 is 0 Å². The third kappa shape index (κ3) is 2.25. The molecule has 0 aliphatic carbocycles. The van der Waals surface area contributed by atoms with Gasteiger partial charge in [-0.25, -0.2) is 0 Å². The molecule has 0 fully saturated rings. The van der Waals surface area contributed by atoms with Gasteiger partial charge < -0.3 is 4.74 Å². The van der Waals surface area contributed by atoms with E-state index in [1.165, 1.54) is 0 Å². The smallest absolute Gasteiger partial charge is 0.151 e. The molecule has 0 unspecified atom stereocenters. The van der Waals surface area contributed by atoms with Crippen LogP contribution in [0.15, 0.2) is 30.3 Å². The summed E-state index contributed by atoms with van der Waals surface area (Å²) in [5.74, 6) is 0.784. The van der Waals surface area contributed by atoms with Crippen molar-refractivity contribution in [3.63, 3.8) is 0 Å². The van der Waals surface area contributed by atoms with Gasteiger partial charge in [-0.3, -0.25) is 9.78 Å². The summed E-state index contributed by atoms with van der Waals surface area (Å²) in [6, 6.07) is 9.58. The van der Waals surface area contributed by atoms with Gasteiger partial charge in [-0.1, -0.05) is 11.6 Å². The van der Waals surface area contributed by atoms with E-state index < -0.39 is 0 Å². The summed E-state index contributed by atoms with van der Waals surface area (Å²) in [7, 11) is 1.64. The molecule has 1 aromatic heterocycles. The van der Waals surface area contributed by atoms with Gasteiger partial charge in [0.1, 0.15) is 5.75 Å². The number of aldehydes is 1. The highest BCUT2D eigenvalue weighted by molar-refractivity contribution is 5.78. The molecule has 3 nitrogen and oxygen atoms in total. The van der Waals surface area contributed by atoms with Gasteiger partial charge in [0.15, 0.2) is 6.29 Å². The second-order valence-electron chi connectivity index (χ2n) is 4.19. The Morgan fingerprint density at radius 3 is 2.56 bits per heavy atom. The molecule has 0 aliphatic heterocycles. The molecule has 0 radical (unpaired) electrons. The molecule has 0 bridgehead atoms. The third-order valence-electron chi connectivity index (χ3n) is 2.88.